The van der Waals surface area contributed by atoms with Gasteiger partial charge in [0, 0.05) is 6.54 Å². The number of rotatable bonds is 2. The van der Waals surface area contributed by atoms with Crippen LogP contribution in [-0.2, 0) is 0 Å². The first-order valence-corrected chi connectivity index (χ1v) is 6.10. The number of pyridine rings is 1. The molecule has 1 fully saturated rings. The fraction of sp³-hybridized carbons (Fsp3) is 0.545. The SMILES string of the molecule is OCC1CCCCN1c1cccc(Br)n1. The molecule has 1 saturated heterocycles. The van der Waals surface area contributed by atoms with E-state index in [9.17, 15) is 5.11 Å². The fourth-order valence-electron chi connectivity index (χ4n) is 2.05. The highest BCUT2D eigenvalue weighted by molar-refractivity contribution is 9.10. The number of halogens is 1. The average Bonchev–Trinajstić information content (AvgIpc) is 2.29. The van der Waals surface area contributed by atoms with Gasteiger partial charge in [-0.05, 0) is 47.3 Å². The van der Waals surface area contributed by atoms with E-state index in [4.69, 9.17) is 0 Å². The summed E-state index contributed by atoms with van der Waals surface area (Å²) in [5.41, 5.74) is 0. The Morgan fingerprint density at radius 3 is 3.07 bits per heavy atom. The van der Waals surface area contributed by atoms with Gasteiger partial charge in [-0.1, -0.05) is 6.07 Å². The minimum atomic E-state index is 0.216. The second-order valence-electron chi connectivity index (χ2n) is 3.84. The molecule has 4 heteroatoms. The van der Waals surface area contributed by atoms with Crippen LogP contribution < -0.4 is 4.90 Å². The molecule has 0 aliphatic carbocycles. The van der Waals surface area contributed by atoms with Crippen molar-refractivity contribution in [1.29, 1.82) is 0 Å². The lowest BCUT2D eigenvalue weighted by atomic mass is 10.0. The minimum absolute atomic E-state index is 0.216. The van der Waals surface area contributed by atoms with Gasteiger partial charge >= 0.3 is 0 Å². The van der Waals surface area contributed by atoms with Crippen molar-refractivity contribution < 1.29 is 5.11 Å². The van der Waals surface area contributed by atoms with Crippen molar-refractivity contribution >= 4 is 21.7 Å². The van der Waals surface area contributed by atoms with Gasteiger partial charge in [0.2, 0.25) is 0 Å². The van der Waals surface area contributed by atoms with Crippen LogP contribution in [0.15, 0.2) is 22.8 Å². The first-order chi connectivity index (χ1) is 7.31. The number of hydrogen-bond donors (Lipinski definition) is 1. The third kappa shape index (κ3) is 2.49. The zero-order chi connectivity index (χ0) is 10.7. The van der Waals surface area contributed by atoms with E-state index in [2.05, 4.69) is 25.8 Å². The molecule has 1 unspecified atom stereocenters. The summed E-state index contributed by atoms with van der Waals surface area (Å²) in [6.45, 7) is 1.21. The Labute approximate surface area is 98.3 Å². The Hall–Kier alpha value is -0.610. The molecule has 0 amide bonds. The van der Waals surface area contributed by atoms with Crippen LogP contribution in [0.5, 0.6) is 0 Å². The summed E-state index contributed by atoms with van der Waals surface area (Å²) in [6.07, 6.45) is 3.45. The van der Waals surface area contributed by atoms with E-state index in [-0.39, 0.29) is 12.6 Å². The number of anilines is 1. The highest BCUT2D eigenvalue weighted by Gasteiger charge is 2.22. The molecule has 1 aromatic heterocycles. The Kier molecular flexibility index (Phi) is 3.59. The topological polar surface area (TPSA) is 36.4 Å². The van der Waals surface area contributed by atoms with Gasteiger partial charge in [0.15, 0.2) is 0 Å². The van der Waals surface area contributed by atoms with E-state index >= 15 is 0 Å². The van der Waals surface area contributed by atoms with Crippen LogP contribution in [0.4, 0.5) is 5.82 Å². The van der Waals surface area contributed by atoms with Crippen LogP contribution >= 0.6 is 15.9 Å². The zero-order valence-electron chi connectivity index (χ0n) is 8.56. The van der Waals surface area contributed by atoms with E-state index in [1.165, 1.54) is 12.8 Å². The van der Waals surface area contributed by atoms with Gasteiger partial charge in [-0.25, -0.2) is 4.98 Å². The van der Waals surface area contributed by atoms with Crippen LogP contribution in [-0.4, -0.2) is 29.3 Å². The molecule has 1 aliphatic heterocycles. The normalized spacial score (nSPS) is 21.7. The van der Waals surface area contributed by atoms with Crippen molar-refractivity contribution in [3.05, 3.63) is 22.8 Å². The second kappa shape index (κ2) is 4.94. The van der Waals surface area contributed by atoms with Gasteiger partial charge in [0.05, 0.1) is 12.6 Å². The molecule has 1 aliphatic rings. The molecule has 1 aromatic rings. The predicted molar refractivity (Wildman–Crippen MR) is 64.0 cm³/mol. The van der Waals surface area contributed by atoms with Crippen molar-refractivity contribution in [1.82, 2.24) is 4.98 Å². The molecule has 1 atom stereocenters. The van der Waals surface area contributed by atoms with Crippen molar-refractivity contribution in [3.63, 3.8) is 0 Å². The smallest absolute Gasteiger partial charge is 0.130 e. The van der Waals surface area contributed by atoms with Gasteiger partial charge in [-0.15, -0.1) is 0 Å². The average molecular weight is 271 g/mol. The summed E-state index contributed by atoms with van der Waals surface area (Å²) in [5, 5.41) is 9.31. The fourth-order valence-corrected chi connectivity index (χ4v) is 2.38. The van der Waals surface area contributed by atoms with E-state index in [0.717, 1.165) is 23.4 Å². The summed E-state index contributed by atoms with van der Waals surface area (Å²) < 4.78 is 0.849. The lowest BCUT2D eigenvalue weighted by Crippen LogP contribution is -2.42. The second-order valence-corrected chi connectivity index (χ2v) is 4.66. The molecule has 0 radical (unpaired) electrons. The molecule has 15 heavy (non-hydrogen) atoms. The Morgan fingerprint density at radius 2 is 2.33 bits per heavy atom. The first-order valence-electron chi connectivity index (χ1n) is 5.31. The van der Waals surface area contributed by atoms with Crippen LogP contribution in [0.3, 0.4) is 0 Å². The maximum atomic E-state index is 9.31. The lowest BCUT2D eigenvalue weighted by molar-refractivity contribution is 0.239. The quantitative estimate of drug-likeness (QED) is 0.838. The summed E-state index contributed by atoms with van der Waals surface area (Å²) in [7, 11) is 0. The first kappa shape index (κ1) is 10.9. The molecule has 1 N–H and O–H groups in total. The molecule has 2 rings (SSSR count). The number of aliphatic hydroxyl groups excluding tert-OH is 1. The van der Waals surface area contributed by atoms with E-state index in [1.54, 1.807) is 0 Å². The standard InChI is InChI=1S/C11H15BrN2O/c12-10-5-3-6-11(13-10)14-7-2-1-4-9(14)8-15/h3,5-6,9,15H,1-2,4,7-8H2. The summed E-state index contributed by atoms with van der Waals surface area (Å²) >= 11 is 3.37. The van der Waals surface area contributed by atoms with Crippen molar-refractivity contribution in [2.45, 2.75) is 25.3 Å². The maximum Gasteiger partial charge on any atom is 0.130 e. The maximum absolute atomic E-state index is 9.31. The van der Waals surface area contributed by atoms with Crippen LogP contribution in [0.25, 0.3) is 0 Å². The van der Waals surface area contributed by atoms with Crippen molar-refractivity contribution in [3.8, 4) is 0 Å². The molecule has 3 nitrogen and oxygen atoms in total. The molecular formula is C11H15BrN2O. The number of piperidine rings is 1. The number of aromatic nitrogens is 1. The summed E-state index contributed by atoms with van der Waals surface area (Å²) in [5.74, 6) is 0.961. The third-order valence-corrected chi connectivity index (χ3v) is 3.27. The monoisotopic (exact) mass is 270 g/mol. The van der Waals surface area contributed by atoms with Crippen LogP contribution in [0.1, 0.15) is 19.3 Å². The van der Waals surface area contributed by atoms with E-state index in [0.29, 0.717) is 0 Å². The van der Waals surface area contributed by atoms with Gasteiger partial charge in [0.1, 0.15) is 10.4 Å². The molecule has 0 aromatic carbocycles. The summed E-state index contributed by atoms with van der Waals surface area (Å²) in [4.78, 5) is 6.63. The summed E-state index contributed by atoms with van der Waals surface area (Å²) in [6, 6.07) is 6.14. The molecular weight excluding hydrogens is 256 g/mol. The predicted octanol–water partition coefficient (Wildman–Crippen LogP) is 2.20. The van der Waals surface area contributed by atoms with Crippen molar-refractivity contribution in [2.24, 2.45) is 0 Å². The molecule has 0 bridgehead atoms. The molecule has 82 valence electrons. The number of aliphatic hydroxyl groups is 1. The van der Waals surface area contributed by atoms with Crippen molar-refractivity contribution in [2.75, 3.05) is 18.1 Å². The third-order valence-electron chi connectivity index (χ3n) is 2.83. The Morgan fingerprint density at radius 1 is 1.47 bits per heavy atom. The Balaban J connectivity index is 2.20. The van der Waals surface area contributed by atoms with E-state index < -0.39 is 0 Å². The number of hydrogen-bond acceptors (Lipinski definition) is 3. The minimum Gasteiger partial charge on any atom is -0.394 e. The molecule has 0 spiro atoms. The lowest BCUT2D eigenvalue weighted by Gasteiger charge is -2.35. The van der Waals surface area contributed by atoms with Gasteiger partial charge in [-0.3, -0.25) is 0 Å². The van der Waals surface area contributed by atoms with E-state index in [1.807, 2.05) is 18.2 Å². The molecule has 0 saturated carbocycles. The Bertz CT molecular complexity index is 332. The van der Waals surface area contributed by atoms with Gasteiger partial charge < -0.3 is 10.0 Å². The van der Waals surface area contributed by atoms with Gasteiger partial charge in [-0.2, -0.15) is 0 Å². The largest absolute Gasteiger partial charge is 0.394 e. The van der Waals surface area contributed by atoms with Crippen LogP contribution in [0.2, 0.25) is 0 Å². The molecule has 2 heterocycles. The zero-order valence-corrected chi connectivity index (χ0v) is 10.2. The highest BCUT2D eigenvalue weighted by atomic mass is 79.9. The highest BCUT2D eigenvalue weighted by Crippen LogP contribution is 2.23. The van der Waals surface area contributed by atoms with Gasteiger partial charge in [0.25, 0.3) is 0 Å². The number of nitrogens with zero attached hydrogens (tertiary/aromatic N) is 2. The van der Waals surface area contributed by atoms with Crippen LogP contribution in [0, 0.1) is 0 Å².